The summed E-state index contributed by atoms with van der Waals surface area (Å²) >= 11 is 1.79. The van der Waals surface area contributed by atoms with Crippen molar-refractivity contribution >= 4 is 11.3 Å². The van der Waals surface area contributed by atoms with Crippen LogP contribution in [0.3, 0.4) is 0 Å². The Kier molecular flexibility index (Phi) is 3.18. The molecule has 0 spiro atoms. The van der Waals surface area contributed by atoms with Gasteiger partial charge in [-0.3, -0.25) is 0 Å². The van der Waals surface area contributed by atoms with Gasteiger partial charge in [-0.1, -0.05) is 59.9 Å². The zero-order chi connectivity index (χ0) is 13.2. The molecule has 3 rings (SSSR count). The average molecular weight is 266 g/mol. The van der Waals surface area contributed by atoms with Crippen LogP contribution in [0.5, 0.6) is 0 Å². The van der Waals surface area contributed by atoms with Gasteiger partial charge in [0.25, 0.3) is 0 Å². The molecule has 0 radical (unpaired) electrons. The number of thiazole rings is 1. The lowest BCUT2D eigenvalue weighted by molar-refractivity contribution is -0.661. The van der Waals surface area contributed by atoms with Crippen LogP contribution >= 0.6 is 11.3 Å². The molecule has 2 aromatic carbocycles. The summed E-state index contributed by atoms with van der Waals surface area (Å²) in [4.78, 5) is 0. The number of benzene rings is 2. The Hall–Kier alpha value is -1.93. The molecule has 0 bridgehead atoms. The van der Waals surface area contributed by atoms with Gasteiger partial charge in [0.1, 0.15) is 7.05 Å². The van der Waals surface area contributed by atoms with E-state index in [1.165, 1.54) is 27.4 Å². The summed E-state index contributed by atoms with van der Waals surface area (Å²) in [6.07, 6.45) is 0. The highest BCUT2D eigenvalue weighted by atomic mass is 32.1. The molecule has 0 aliphatic heterocycles. The standard InChI is InChI=1S/C17H16NS/c1-13-18(2)17(12-19-13)16-11-7-6-10-15(16)14-8-4-3-5-9-14/h3-12H,1-2H3/q+1. The maximum Gasteiger partial charge on any atom is 0.234 e. The highest BCUT2D eigenvalue weighted by molar-refractivity contribution is 7.09. The Labute approximate surface area is 117 Å². The minimum Gasteiger partial charge on any atom is -0.189 e. The van der Waals surface area contributed by atoms with Gasteiger partial charge in [0, 0.05) is 6.92 Å². The molecule has 0 unspecified atom stereocenters. The Morgan fingerprint density at radius 1 is 0.842 bits per heavy atom. The van der Waals surface area contributed by atoms with Crippen LogP contribution in [0.2, 0.25) is 0 Å². The molecule has 1 nitrogen and oxygen atoms in total. The van der Waals surface area contributed by atoms with Crippen molar-refractivity contribution in [2.45, 2.75) is 6.92 Å². The minimum atomic E-state index is 1.27. The summed E-state index contributed by atoms with van der Waals surface area (Å²) < 4.78 is 2.26. The minimum absolute atomic E-state index is 1.27. The lowest BCUT2D eigenvalue weighted by Gasteiger charge is -2.06. The highest BCUT2D eigenvalue weighted by Crippen LogP contribution is 2.31. The van der Waals surface area contributed by atoms with Gasteiger partial charge in [0.2, 0.25) is 10.7 Å². The molecule has 0 aliphatic carbocycles. The second-order valence-electron chi connectivity index (χ2n) is 4.61. The van der Waals surface area contributed by atoms with Crippen molar-refractivity contribution in [2.75, 3.05) is 0 Å². The van der Waals surface area contributed by atoms with Gasteiger partial charge in [-0.2, -0.15) is 4.57 Å². The van der Waals surface area contributed by atoms with E-state index in [0.29, 0.717) is 0 Å². The summed E-state index contributed by atoms with van der Waals surface area (Å²) in [6, 6.07) is 19.2. The number of hydrogen-bond donors (Lipinski definition) is 0. The highest BCUT2D eigenvalue weighted by Gasteiger charge is 2.18. The van der Waals surface area contributed by atoms with Gasteiger partial charge in [-0.05, 0) is 17.2 Å². The Morgan fingerprint density at radius 3 is 2.11 bits per heavy atom. The first kappa shape index (κ1) is 12.1. The molecule has 0 saturated heterocycles. The smallest absolute Gasteiger partial charge is 0.189 e. The first-order valence-corrected chi connectivity index (χ1v) is 7.24. The fourth-order valence-corrected chi connectivity index (χ4v) is 3.11. The van der Waals surface area contributed by atoms with Gasteiger partial charge in [-0.15, -0.1) is 0 Å². The molecule has 0 atom stereocenters. The summed E-state index contributed by atoms with van der Waals surface area (Å²) in [5, 5.41) is 3.55. The number of aryl methyl sites for hydroxylation is 1. The molecule has 94 valence electrons. The zero-order valence-electron chi connectivity index (χ0n) is 11.1. The number of hydrogen-bond acceptors (Lipinski definition) is 1. The molecule has 1 heterocycles. The average Bonchev–Trinajstić information content (AvgIpc) is 2.80. The van der Waals surface area contributed by atoms with Crippen LogP contribution in [0.15, 0.2) is 60.0 Å². The lowest BCUT2D eigenvalue weighted by Crippen LogP contribution is -2.30. The van der Waals surface area contributed by atoms with Crippen LogP contribution in [-0.2, 0) is 7.05 Å². The second-order valence-corrected chi connectivity index (χ2v) is 5.67. The largest absolute Gasteiger partial charge is 0.234 e. The summed E-state index contributed by atoms with van der Waals surface area (Å²) in [5.74, 6) is 0. The molecule has 0 amide bonds. The van der Waals surface area contributed by atoms with Gasteiger partial charge >= 0.3 is 0 Å². The fraction of sp³-hybridized carbons (Fsp3) is 0.118. The SMILES string of the molecule is Cc1scc(-c2ccccc2-c2ccccc2)[n+]1C. The van der Waals surface area contributed by atoms with E-state index in [0.717, 1.165) is 0 Å². The molecular weight excluding hydrogens is 250 g/mol. The van der Waals surface area contributed by atoms with Gasteiger partial charge in [-0.25, -0.2) is 0 Å². The second kappa shape index (κ2) is 4.98. The molecule has 0 saturated carbocycles. The van der Waals surface area contributed by atoms with Crippen LogP contribution < -0.4 is 4.57 Å². The summed E-state index contributed by atoms with van der Waals surface area (Å²) in [6.45, 7) is 2.15. The number of aromatic nitrogens is 1. The van der Waals surface area contributed by atoms with Crippen molar-refractivity contribution in [3.05, 3.63) is 65.0 Å². The number of rotatable bonds is 2. The van der Waals surface area contributed by atoms with Crippen molar-refractivity contribution in [1.82, 2.24) is 0 Å². The lowest BCUT2D eigenvalue weighted by atomic mass is 9.98. The van der Waals surface area contributed by atoms with E-state index in [4.69, 9.17) is 0 Å². The van der Waals surface area contributed by atoms with E-state index in [9.17, 15) is 0 Å². The first-order valence-electron chi connectivity index (χ1n) is 6.36. The van der Waals surface area contributed by atoms with Crippen LogP contribution in [0.1, 0.15) is 5.01 Å². The predicted molar refractivity (Wildman–Crippen MR) is 81.1 cm³/mol. The van der Waals surface area contributed by atoms with Crippen molar-refractivity contribution in [3.8, 4) is 22.4 Å². The Morgan fingerprint density at radius 2 is 1.47 bits per heavy atom. The molecule has 0 aliphatic rings. The van der Waals surface area contributed by atoms with E-state index in [2.05, 4.69) is 78.5 Å². The van der Waals surface area contributed by atoms with Crippen molar-refractivity contribution in [1.29, 1.82) is 0 Å². The van der Waals surface area contributed by atoms with Crippen molar-refractivity contribution in [2.24, 2.45) is 7.05 Å². The van der Waals surface area contributed by atoms with E-state index >= 15 is 0 Å². The van der Waals surface area contributed by atoms with Gasteiger partial charge in [0.15, 0.2) is 0 Å². The number of nitrogens with zero attached hydrogens (tertiary/aromatic N) is 1. The normalized spacial score (nSPS) is 10.6. The van der Waals surface area contributed by atoms with Crippen LogP contribution in [0, 0.1) is 6.92 Å². The van der Waals surface area contributed by atoms with Gasteiger partial charge in [0.05, 0.1) is 10.9 Å². The molecule has 1 aromatic heterocycles. The van der Waals surface area contributed by atoms with Crippen molar-refractivity contribution < 1.29 is 4.57 Å². The van der Waals surface area contributed by atoms with Gasteiger partial charge < -0.3 is 0 Å². The maximum atomic E-state index is 2.26. The van der Waals surface area contributed by atoms with E-state index in [1.807, 2.05) is 0 Å². The first-order chi connectivity index (χ1) is 9.27. The Balaban J connectivity index is 2.21. The fourth-order valence-electron chi connectivity index (χ4n) is 2.29. The summed E-state index contributed by atoms with van der Waals surface area (Å²) in [5.41, 5.74) is 5.13. The Bertz CT molecular complexity index is 698. The third-order valence-electron chi connectivity index (χ3n) is 3.46. The molecule has 0 N–H and O–H groups in total. The quantitative estimate of drug-likeness (QED) is 0.612. The third kappa shape index (κ3) is 2.20. The van der Waals surface area contributed by atoms with E-state index < -0.39 is 0 Å². The molecule has 2 heteroatoms. The summed E-state index contributed by atoms with van der Waals surface area (Å²) in [7, 11) is 2.13. The van der Waals surface area contributed by atoms with E-state index in [-0.39, 0.29) is 0 Å². The van der Waals surface area contributed by atoms with Crippen LogP contribution in [0.25, 0.3) is 22.4 Å². The van der Waals surface area contributed by atoms with Crippen LogP contribution in [-0.4, -0.2) is 0 Å². The molecular formula is C17H16NS+. The predicted octanol–water partition coefficient (Wildman–Crippen LogP) is 4.22. The van der Waals surface area contributed by atoms with Crippen LogP contribution in [0.4, 0.5) is 0 Å². The molecule has 19 heavy (non-hydrogen) atoms. The van der Waals surface area contributed by atoms with E-state index in [1.54, 1.807) is 11.3 Å². The van der Waals surface area contributed by atoms with Crippen molar-refractivity contribution in [3.63, 3.8) is 0 Å². The molecule has 0 fully saturated rings. The topological polar surface area (TPSA) is 3.88 Å². The third-order valence-corrected chi connectivity index (χ3v) is 4.42. The maximum absolute atomic E-state index is 2.26. The zero-order valence-corrected chi connectivity index (χ0v) is 11.9. The molecule has 3 aromatic rings. The monoisotopic (exact) mass is 266 g/mol.